The third kappa shape index (κ3) is 4.98. The number of carbonyl (C=O) groups is 3. The number of amides is 1. The van der Waals surface area contributed by atoms with Crippen molar-refractivity contribution in [3.05, 3.63) is 100 Å². The van der Waals surface area contributed by atoms with Crippen molar-refractivity contribution in [1.82, 2.24) is 0 Å². The van der Waals surface area contributed by atoms with E-state index in [1.807, 2.05) is 45.0 Å². The Hall–Kier alpha value is -4.39. The molecule has 0 aliphatic carbocycles. The molecule has 190 valence electrons. The van der Waals surface area contributed by atoms with E-state index in [9.17, 15) is 19.5 Å². The standard InChI is InChI=1S/C30H29NO6/c1-5-36-24-15-12-22(17-19(24)4)27(32)25-26(21-9-7-8-18(3)16-21)31(29(34)28(25)33)23-13-10-20(11-14-23)30(35)37-6-2/h7-17,26,32H,5-6H2,1-4H3/b27-25-. The second kappa shape index (κ2) is 10.7. The van der Waals surface area contributed by atoms with Gasteiger partial charge in [-0.2, -0.15) is 0 Å². The van der Waals surface area contributed by atoms with Gasteiger partial charge in [-0.3, -0.25) is 14.5 Å². The summed E-state index contributed by atoms with van der Waals surface area (Å²) in [5.74, 6) is -1.61. The van der Waals surface area contributed by atoms with Crippen LogP contribution < -0.4 is 9.64 Å². The van der Waals surface area contributed by atoms with Gasteiger partial charge in [0.2, 0.25) is 0 Å². The Kier molecular flexibility index (Phi) is 7.43. The number of hydrogen-bond donors (Lipinski definition) is 1. The molecule has 4 rings (SSSR count). The minimum atomic E-state index is -0.861. The molecule has 1 unspecified atom stereocenters. The number of hydrogen-bond acceptors (Lipinski definition) is 6. The maximum absolute atomic E-state index is 13.4. The molecule has 7 heteroatoms. The molecule has 0 spiro atoms. The van der Waals surface area contributed by atoms with Gasteiger partial charge in [0.05, 0.1) is 30.4 Å². The molecule has 1 atom stereocenters. The zero-order chi connectivity index (χ0) is 26.7. The molecular formula is C30H29NO6. The van der Waals surface area contributed by atoms with E-state index in [4.69, 9.17) is 9.47 Å². The Morgan fingerprint density at radius 1 is 0.919 bits per heavy atom. The molecule has 1 saturated heterocycles. The number of carbonyl (C=O) groups excluding carboxylic acids is 3. The highest BCUT2D eigenvalue weighted by atomic mass is 16.5. The SMILES string of the molecule is CCOC(=O)c1ccc(N2C(=O)C(=O)/C(=C(\O)c3ccc(OCC)c(C)c3)C2c2cccc(C)c2)cc1. The molecule has 1 amide bonds. The van der Waals surface area contributed by atoms with Gasteiger partial charge in [-0.25, -0.2) is 4.79 Å². The van der Waals surface area contributed by atoms with Crippen LogP contribution in [0.4, 0.5) is 5.69 Å². The average Bonchev–Trinajstić information content (AvgIpc) is 3.15. The highest BCUT2D eigenvalue weighted by Crippen LogP contribution is 2.42. The highest BCUT2D eigenvalue weighted by Gasteiger charge is 2.47. The lowest BCUT2D eigenvalue weighted by molar-refractivity contribution is -0.132. The van der Waals surface area contributed by atoms with Crippen LogP contribution in [0.2, 0.25) is 0 Å². The Balaban J connectivity index is 1.86. The lowest BCUT2D eigenvalue weighted by Gasteiger charge is -2.26. The van der Waals surface area contributed by atoms with Gasteiger partial charge in [0.15, 0.2) is 0 Å². The molecule has 7 nitrogen and oxygen atoms in total. The van der Waals surface area contributed by atoms with E-state index in [0.717, 1.165) is 11.1 Å². The van der Waals surface area contributed by atoms with Gasteiger partial charge in [0.25, 0.3) is 11.7 Å². The van der Waals surface area contributed by atoms with Crippen LogP contribution in [-0.2, 0) is 14.3 Å². The number of benzene rings is 3. The summed E-state index contributed by atoms with van der Waals surface area (Å²) in [5, 5.41) is 11.4. The first kappa shape index (κ1) is 25.7. The van der Waals surface area contributed by atoms with Gasteiger partial charge in [0.1, 0.15) is 11.5 Å². The summed E-state index contributed by atoms with van der Waals surface area (Å²) >= 11 is 0. The molecule has 0 saturated carbocycles. The number of ether oxygens (including phenoxy) is 2. The van der Waals surface area contributed by atoms with Crippen LogP contribution in [0.25, 0.3) is 5.76 Å². The zero-order valence-corrected chi connectivity index (χ0v) is 21.3. The molecule has 3 aromatic carbocycles. The number of rotatable bonds is 7. The van der Waals surface area contributed by atoms with Crippen LogP contribution in [-0.4, -0.2) is 36.0 Å². The van der Waals surface area contributed by atoms with Crippen molar-refractivity contribution >= 4 is 29.1 Å². The fourth-order valence-corrected chi connectivity index (χ4v) is 4.50. The Morgan fingerprint density at radius 2 is 1.62 bits per heavy atom. The van der Waals surface area contributed by atoms with Crippen molar-refractivity contribution < 1.29 is 29.0 Å². The third-order valence-corrected chi connectivity index (χ3v) is 6.21. The van der Waals surface area contributed by atoms with E-state index in [1.54, 1.807) is 49.4 Å². The maximum atomic E-state index is 13.4. The number of anilines is 1. The molecule has 0 aromatic heterocycles. The number of nitrogens with zero attached hydrogens (tertiary/aromatic N) is 1. The first-order valence-corrected chi connectivity index (χ1v) is 12.1. The molecule has 1 fully saturated rings. The number of aliphatic hydroxyl groups is 1. The topological polar surface area (TPSA) is 93.1 Å². The fraction of sp³-hybridized carbons (Fsp3) is 0.233. The minimum absolute atomic E-state index is 0.00590. The molecule has 1 N–H and O–H groups in total. The van der Waals surface area contributed by atoms with Crippen molar-refractivity contribution in [2.24, 2.45) is 0 Å². The number of ketones is 1. The molecular weight excluding hydrogens is 470 g/mol. The van der Waals surface area contributed by atoms with Crippen LogP contribution in [0, 0.1) is 13.8 Å². The third-order valence-electron chi connectivity index (χ3n) is 6.21. The van der Waals surface area contributed by atoms with Crippen molar-refractivity contribution in [3.63, 3.8) is 0 Å². The fourth-order valence-electron chi connectivity index (χ4n) is 4.50. The molecule has 1 aliphatic rings. The van der Waals surface area contributed by atoms with Crippen LogP contribution >= 0.6 is 0 Å². The Morgan fingerprint density at radius 3 is 2.24 bits per heavy atom. The summed E-state index contributed by atoms with van der Waals surface area (Å²) in [6, 6.07) is 18.0. The summed E-state index contributed by atoms with van der Waals surface area (Å²) in [4.78, 5) is 40.2. The highest BCUT2D eigenvalue weighted by molar-refractivity contribution is 6.51. The van der Waals surface area contributed by atoms with Crippen LogP contribution in [0.1, 0.15) is 52.5 Å². The van der Waals surface area contributed by atoms with E-state index in [1.165, 1.54) is 4.90 Å². The number of Topliss-reactive ketones (excluding diaryl/α,β-unsaturated/α-hetero) is 1. The van der Waals surface area contributed by atoms with Gasteiger partial charge in [-0.15, -0.1) is 0 Å². The maximum Gasteiger partial charge on any atom is 0.338 e. The van der Waals surface area contributed by atoms with Crippen LogP contribution in [0.15, 0.2) is 72.3 Å². The molecule has 0 radical (unpaired) electrons. The number of aryl methyl sites for hydroxylation is 2. The first-order chi connectivity index (χ1) is 17.8. The molecule has 37 heavy (non-hydrogen) atoms. The first-order valence-electron chi connectivity index (χ1n) is 12.1. The van der Waals surface area contributed by atoms with Crippen LogP contribution in [0.5, 0.6) is 5.75 Å². The van der Waals surface area contributed by atoms with E-state index < -0.39 is 23.7 Å². The lowest BCUT2D eigenvalue weighted by Crippen LogP contribution is -2.29. The number of esters is 1. The second-order valence-electron chi connectivity index (χ2n) is 8.76. The monoisotopic (exact) mass is 499 g/mol. The molecule has 1 aliphatic heterocycles. The van der Waals surface area contributed by atoms with Gasteiger partial charge < -0.3 is 14.6 Å². The van der Waals surface area contributed by atoms with Gasteiger partial charge in [-0.05, 0) is 81.3 Å². The van der Waals surface area contributed by atoms with E-state index in [2.05, 4.69) is 0 Å². The Bertz CT molecular complexity index is 1390. The smallest absolute Gasteiger partial charge is 0.338 e. The largest absolute Gasteiger partial charge is 0.507 e. The summed E-state index contributed by atoms with van der Waals surface area (Å²) in [6.45, 7) is 8.12. The van der Waals surface area contributed by atoms with E-state index in [-0.39, 0.29) is 17.9 Å². The predicted molar refractivity (Wildman–Crippen MR) is 141 cm³/mol. The summed E-state index contributed by atoms with van der Waals surface area (Å²) < 4.78 is 10.6. The molecule has 0 bridgehead atoms. The normalized spacial score (nSPS) is 16.6. The van der Waals surface area contributed by atoms with E-state index in [0.29, 0.717) is 34.7 Å². The van der Waals surface area contributed by atoms with Crippen LogP contribution in [0.3, 0.4) is 0 Å². The summed E-state index contributed by atoms with van der Waals surface area (Å²) in [5.41, 5.74) is 3.57. The minimum Gasteiger partial charge on any atom is -0.507 e. The van der Waals surface area contributed by atoms with Gasteiger partial charge in [0, 0.05) is 11.3 Å². The zero-order valence-electron chi connectivity index (χ0n) is 21.3. The van der Waals surface area contributed by atoms with Gasteiger partial charge in [-0.1, -0.05) is 29.8 Å². The van der Waals surface area contributed by atoms with Crippen molar-refractivity contribution in [1.29, 1.82) is 0 Å². The van der Waals surface area contributed by atoms with Crippen molar-refractivity contribution in [2.45, 2.75) is 33.7 Å². The molecule has 3 aromatic rings. The van der Waals surface area contributed by atoms with Crippen molar-refractivity contribution in [2.75, 3.05) is 18.1 Å². The molecule has 1 heterocycles. The lowest BCUT2D eigenvalue weighted by atomic mass is 9.93. The number of aliphatic hydroxyl groups excluding tert-OH is 1. The summed E-state index contributed by atoms with van der Waals surface area (Å²) in [7, 11) is 0. The predicted octanol–water partition coefficient (Wildman–Crippen LogP) is 5.51. The average molecular weight is 500 g/mol. The van der Waals surface area contributed by atoms with Gasteiger partial charge >= 0.3 is 5.97 Å². The summed E-state index contributed by atoms with van der Waals surface area (Å²) in [6.07, 6.45) is 0. The second-order valence-corrected chi connectivity index (χ2v) is 8.76. The van der Waals surface area contributed by atoms with E-state index >= 15 is 0 Å². The van der Waals surface area contributed by atoms with Crippen molar-refractivity contribution in [3.8, 4) is 5.75 Å². The Labute approximate surface area is 215 Å². The quantitative estimate of drug-likeness (QED) is 0.200.